The van der Waals surface area contributed by atoms with E-state index in [1.165, 1.54) is 38.6 Å². The van der Waals surface area contributed by atoms with E-state index in [0.717, 1.165) is 18.0 Å². The Balaban J connectivity index is 1.81. The van der Waals surface area contributed by atoms with E-state index in [1.54, 1.807) is 0 Å². The molecule has 0 amide bonds. The molecule has 2 saturated carbocycles. The van der Waals surface area contributed by atoms with Crippen molar-refractivity contribution in [2.75, 3.05) is 20.6 Å². The van der Waals surface area contributed by atoms with Crippen LogP contribution in [0.25, 0.3) is 0 Å². The van der Waals surface area contributed by atoms with E-state index < -0.39 is 0 Å². The lowest BCUT2D eigenvalue weighted by Crippen LogP contribution is -2.46. The fourth-order valence-electron chi connectivity index (χ4n) is 3.22. The van der Waals surface area contributed by atoms with Crippen molar-refractivity contribution < 1.29 is 0 Å². The molecule has 0 saturated heterocycles. The van der Waals surface area contributed by atoms with Crippen molar-refractivity contribution in [2.24, 2.45) is 11.3 Å². The van der Waals surface area contributed by atoms with Gasteiger partial charge in [-0.1, -0.05) is 20.3 Å². The highest BCUT2D eigenvalue weighted by atomic mass is 15.1. The molecule has 0 aromatic rings. The highest BCUT2D eigenvalue weighted by Gasteiger charge is 2.37. The Labute approximate surface area is 101 Å². The molecule has 2 fully saturated rings. The summed E-state index contributed by atoms with van der Waals surface area (Å²) in [5, 5.41) is 3.83. The molecule has 2 heteroatoms. The van der Waals surface area contributed by atoms with Crippen LogP contribution >= 0.6 is 0 Å². The second-order valence-electron chi connectivity index (χ2n) is 6.71. The molecule has 94 valence electrons. The van der Waals surface area contributed by atoms with Crippen LogP contribution in [0.4, 0.5) is 0 Å². The molecule has 0 bridgehead atoms. The van der Waals surface area contributed by atoms with Gasteiger partial charge in [0.15, 0.2) is 0 Å². The van der Waals surface area contributed by atoms with E-state index in [0.29, 0.717) is 5.41 Å². The molecule has 0 radical (unpaired) electrons. The highest BCUT2D eigenvalue weighted by Crippen LogP contribution is 2.38. The van der Waals surface area contributed by atoms with Gasteiger partial charge in [-0.3, -0.25) is 0 Å². The summed E-state index contributed by atoms with van der Waals surface area (Å²) in [5.74, 6) is 0.965. The number of hydrogen-bond acceptors (Lipinski definition) is 2. The Morgan fingerprint density at radius 2 is 1.94 bits per heavy atom. The molecule has 0 spiro atoms. The molecule has 16 heavy (non-hydrogen) atoms. The monoisotopic (exact) mass is 224 g/mol. The van der Waals surface area contributed by atoms with Gasteiger partial charge in [0, 0.05) is 18.6 Å². The van der Waals surface area contributed by atoms with Crippen molar-refractivity contribution in [3.63, 3.8) is 0 Å². The smallest absolute Gasteiger partial charge is 0.0242 e. The molecule has 2 aliphatic rings. The molecule has 1 N–H and O–H groups in total. The fraction of sp³-hybridized carbons (Fsp3) is 1.00. The van der Waals surface area contributed by atoms with Crippen LogP contribution < -0.4 is 5.32 Å². The quantitative estimate of drug-likeness (QED) is 0.772. The first-order valence-electron chi connectivity index (χ1n) is 6.90. The first-order valence-corrected chi connectivity index (χ1v) is 6.90. The minimum atomic E-state index is 0.514. The van der Waals surface area contributed by atoms with Crippen molar-refractivity contribution in [3.05, 3.63) is 0 Å². The van der Waals surface area contributed by atoms with Crippen LogP contribution in [0.15, 0.2) is 0 Å². The standard InChI is InChI=1S/C14H28N2/c1-14(2)9-5-6-13(14)15-10-12(16(3)4)11-7-8-11/h11-13,15H,5-10H2,1-4H3. The predicted molar refractivity (Wildman–Crippen MR) is 69.6 cm³/mol. The van der Waals surface area contributed by atoms with E-state index in [-0.39, 0.29) is 0 Å². The van der Waals surface area contributed by atoms with Gasteiger partial charge in [0.1, 0.15) is 0 Å². The molecule has 2 rings (SSSR count). The van der Waals surface area contributed by atoms with Crippen molar-refractivity contribution >= 4 is 0 Å². The average molecular weight is 224 g/mol. The Morgan fingerprint density at radius 1 is 1.25 bits per heavy atom. The van der Waals surface area contributed by atoms with Crippen molar-refractivity contribution in [3.8, 4) is 0 Å². The molecule has 0 aliphatic heterocycles. The predicted octanol–water partition coefficient (Wildman–Crippen LogP) is 2.49. The van der Waals surface area contributed by atoms with Crippen LogP contribution in [0.3, 0.4) is 0 Å². The second-order valence-corrected chi connectivity index (χ2v) is 6.71. The first kappa shape index (κ1) is 12.4. The maximum absolute atomic E-state index is 3.83. The SMILES string of the molecule is CN(C)C(CNC1CCCC1(C)C)C1CC1. The molecule has 2 nitrogen and oxygen atoms in total. The van der Waals surface area contributed by atoms with Gasteiger partial charge in [-0.05, 0) is 51.1 Å². The van der Waals surface area contributed by atoms with Crippen LogP contribution in [-0.4, -0.2) is 37.6 Å². The van der Waals surface area contributed by atoms with Gasteiger partial charge >= 0.3 is 0 Å². The molecular weight excluding hydrogens is 196 g/mol. The zero-order valence-corrected chi connectivity index (χ0v) is 11.4. The number of hydrogen-bond donors (Lipinski definition) is 1. The van der Waals surface area contributed by atoms with Gasteiger partial charge in [-0.25, -0.2) is 0 Å². The normalized spacial score (nSPS) is 30.9. The van der Waals surface area contributed by atoms with Crippen LogP contribution in [0.2, 0.25) is 0 Å². The third-order valence-corrected chi connectivity index (χ3v) is 4.66. The lowest BCUT2D eigenvalue weighted by molar-refractivity contribution is 0.219. The lowest BCUT2D eigenvalue weighted by Gasteiger charge is -2.32. The van der Waals surface area contributed by atoms with E-state index in [1.807, 2.05) is 0 Å². The summed E-state index contributed by atoms with van der Waals surface area (Å²) < 4.78 is 0. The van der Waals surface area contributed by atoms with Crippen LogP contribution in [0.5, 0.6) is 0 Å². The highest BCUT2D eigenvalue weighted by molar-refractivity contribution is 4.93. The van der Waals surface area contributed by atoms with E-state index >= 15 is 0 Å². The Bertz CT molecular complexity index is 227. The Morgan fingerprint density at radius 3 is 2.38 bits per heavy atom. The van der Waals surface area contributed by atoms with Crippen LogP contribution in [0.1, 0.15) is 46.0 Å². The summed E-state index contributed by atoms with van der Waals surface area (Å²) in [7, 11) is 4.45. The summed E-state index contributed by atoms with van der Waals surface area (Å²) >= 11 is 0. The van der Waals surface area contributed by atoms with Gasteiger partial charge in [0.25, 0.3) is 0 Å². The van der Waals surface area contributed by atoms with E-state index in [9.17, 15) is 0 Å². The van der Waals surface area contributed by atoms with Crippen molar-refractivity contribution in [1.82, 2.24) is 10.2 Å². The minimum Gasteiger partial charge on any atom is -0.312 e. The summed E-state index contributed by atoms with van der Waals surface area (Å²) in [6, 6.07) is 1.50. The van der Waals surface area contributed by atoms with Gasteiger partial charge < -0.3 is 10.2 Å². The zero-order valence-electron chi connectivity index (χ0n) is 11.4. The van der Waals surface area contributed by atoms with E-state index in [2.05, 4.69) is 38.2 Å². The summed E-state index contributed by atoms with van der Waals surface area (Å²) in [6.07, 6.45) is 7.05. The van der Waals surface area contributed by atoms with Gasteiger partial charge in [0.2, 0.25) is 0 Å². The molecule has 2 unspecified atom stereocenters. The summed E-state index contributed by atoms with van der Waals surface area (Å²) in [4.78, 5) is 2.41. The topological polar surface area (TPSA) is 15.3 Å². The molecular formula is C14H28N2. The Hall–Kier alpha value is -0.0800. The number of nitrogens with zero attached hydrogens (tertiary/aromatic N) is 1. The summed E-state index contributed by atoms with van der Waals surface area (Å²) in [5.41, 5.74) is 0.514. The zero-order chi connectivity index (χ0) is 11.8. The summed E-state index contributed by atoms with van der Waals surface area (Å²) in [6.45, 7) is 6.02. The maximum Gasteiger partial charge on any atom is 0.0242 e. The van der Waals surface area contributed by atoms with Crippen molar-refractivity contribution in [1.29, 1.82) is 0 Å². The fourth-order valence-corrected chi connectivity index (χ4v) is 3.22. The van der Waals surface area contributed by atoms with Crippen LogP contribution in [0, 0.1) is 11.3 Å². The number of likely N-dealkylation sites (N-methyl/N-ethyl adjacent to an activating group) is 1. The molecule has 0 aromatic carbocycles. The third-order valence-electron chi connectivity index (χ3n) is 4.66. The number of rotatable bonds is 5. The third kappa shape index (κ3) is 2.78. The molecule has 0 heterocycles. The molecule has 2 aliphatic carbocycles. The van der Waals surface area contributed by atoms with Crippen LogP contribution in [-0.2, 0) is 0 Å². The Kier molecular flexibility index (Phi) is 3.60. The molecule has 2 atom stereocenters. The van der Waals surface area contributed by atoms with E-state index in [4.69, 9.17) is 0 Å². The van der Waals surface area contributed by atoms with Gasteiger partial charge in [-0.2, -0.15) is 0 Å². The average Bonchev–Trinajstić information content (AvgIpc) is 2.93. The second kappa shape index (κ2) is 4.66. The van der Waals surface area contributed by atoms with Crippen molar-refractivity contribution in [2.45, 2.75) is 58.0 Å². The molecule has 0 aromatic heterocycles. The lowest BCUT2D eigenvalue weighted by atomic mass is 9.87. The minimum absolute atomic E-state index is 0.514. The number of nitrogens with one attached hydrogen (secondary N) is 1. The first-order chi connectivity index (χ1) is 7.50. The largest absolute Gasteiger partial charge is 0.312 e. The van der Waals surface area contributed by atoms with Gasteiger partial charge in [-0.15, -0.1) is 0 Å². The van der Waals surface area contributed by atoms with Gasteiger partial charge in [0.05, 0.1) is 0 Å². The maximum atomic E-state index is 3.83.